The Morgan fingerprint density at radius 2 is 1.90 bits per heavy atom. The molecule has 0 bridgehead atoms. The van der Waals surface area contributed by atoms with Crippen LogP contribution in [0.25, 0.3) is 16.6 Å². The number of hydrogen-bond donors (Lipinski definition) is 3. The normalized spacial score (nSPS) is 14.4. The van der Waals surface area contributed by atoms with Gasteiger partial charge in [0, 0.05) is 50.0 Å². The summed E-state index contributed by atoms with van der Waals surface area (Å²) in [6.45, 7) is 9.84. The van der Waals surface area contributed by atoms with Crippen molar-refractivity contribution in [1.82, 2.24) is 19.5 Å². The SMILES string of the molecule is C=CC(=O)Nc1cccc(-c2cnn3cnc(Nc4ccc(N5CCN(CC(C)(C)O)CC5)c(F)c4F)cc23)c1. The smallest absolute Gasteiger partial charge is 0.247 e. The Labute approximate surface area is 230 Å². The molecule has 1 fully saturated rings. The summed E-state index contributed by atoms with van der Waals surface area (Å²) >= 11 is 0. The van der Waals surface area contributed by atoms with Gasteiger partial charge in [-0.2, -0.15) is 5.10 Å². The maximum Gasteiger partial charge on any atom is 0.247 e. The number of aromatic nitrogens is 3. The number of nitrogens with zero attached hydrogens (tertiary/aromatic N) is 5. The molecule has 9 nitrogen and oxygen atoms in total. The molecule has 0 saturated carbocycles. The van der Waals surface area contributed by atoms with Gasteiger partial charge in [0.25, 0.3) is 0 Å². The summed E-state index contributed by atoms with van der Waals surface area (Å²) < 4.78 is 31.9. The van der Waals surface area contributed by atoms with E-state index in [0.717, 1.165) is 11.1 Å². The highest BCUT2D eigenvalue weighted by atomic mass is 19.2. The van der Waals surface area contributed by atoms with Crippen molar-refractivity contribution < 1.29 is 18.7 Å². The van der Waals surface area contributed by atoms with Crippen LogP contribution >= 0.6 is 0 Å². The minimum absolute atomic E-state index is 0.0334. The molecule has 1 aliphatic heterocycles. The van der Waals surface area contributed by atoms with Gasteiger partial charge in [-0.3, -0.25) is 9.69 Å². The predicted molar refractivity (Wildman–Crippen MR) is 152 cm³/mol. The number of halogens is 2. The highest BCUT2D eigenvalue weighted by molar-refractivity contribution is 5.99. The van der Waals surface area contributed by atoms with Crippen molar-refractivity contribution in [2.75, 3.05) is 48.3 Å². The van der Waals surface area contributed by atoms with E-state index in [2.05, 4.69) is 32.2 Å². The lowest BCUT2D eigenvalue weighted by atomic mass is 10.1. The van der Waals surface area contributed by atoms with Crippen molar-refractivity contribution in [3.05, 3.63) is 79.3 Å². The number of aliphatic hydroxyl groups is 1. The second-order valence-corrected chi connectivity index (χ2v) is 10.4. The van der Waals surface area contributed by atoms with Gasteiger partial charge in [0.1, 0.15) is 12.1 Å². The average Bonchev–Trinajstić information content (AvgIpc) is 3.35. The van der Waals surface area contributed by atoms with Crippen molar-refractivity contribution >= 4 is 34.3 Å². The molecular formula is C29H31F2N7O2. The summed E-state index contributed by atoms with van der Waals surface area (Å²) in [7, 11) is 0. The van der Waals surface area contributed by atoms with Crippen molar-refractivity contribution in [2.24, 2.45) is 0 Å². The Morgan fingerprint density at radius 1 is 1.12 bits per heavy atom. The Hall–Kier alpha value is -4.35. The van der Waals surface area contributed by atoms with Crippen LogP contribution in [0.5, 0.6) is 0 Å². The molecule has 208 valence electrons. The topological polar surface area (TPSA) is 98.0 Å². The summed E-state index contributed by atoms with van der Waals surface area (Å²) in [5.41, 5.74) is 2.22. The molecule has 40 heavy (non-hydrogen) atoms. The number of hydrogen-bond acceptors (Lipinski definition) is 7. The van der Waals surface area contributed by atoms with E-state index in [0.29, 0.717) is 49.7 Å². The van der Waals surface area contributed by atoms with E-state index in [1.807, 2.05) is 23.1 Å². The molecule has 0 aliphatic carbocycles. The van der Waals surface area contributed by atoms with Crippen LogP contribution < -0.4 is 15.5 Å². The number of β-amino-alcohol motifs (C(OH)–C–C–N with tert-alkyl or cyclic N) is 1. The van der Waals surface area contributed by atoms with E-state index in [9.17, 15) is 9.90 Å². The molecule has 1 aliphatic rings. The van der Waals surface area contributed by atoms with Crippen LogP contribution in [-0.2, 0) is 4.79 Å². The third-order valence-corrected chi connectivity index (χ3v) is 6.69. The lowest BCUT2D eigenvalue weighted by molar-refractivity contribution is -0.111. The number of carbonyl (C=O) groups is 1. The zero-order valence-electron chi connectivity index (χ0n) is 22.4. The first-order valence-electron chi connectivity index (χ1n) is 12.9. The van der Waals surface area contributed by atoms with Crippen molar-refractivity contribution in [1.29, 1.82) is 0 Å². The van der Waals surface area contributed by atoms with Crippen LogP contribution in [0.15, 0.2) is 67.6 Å². The number of carbonyl (C=O) groups excluding carboxylic acids is 1. The van der Waals surface area contributed by atoms with Crippen LogP contribution in [-0.4, -0.2) is 68.8 Å². The maximum atomic E-state index is 15.2. The first kappa shape index (κ1) is 27.2. The Morgan fingerprint density at radius 3 is 2.62 bits per heavy atom. The Kier molecular flexibility index (Phi) is 7.51. The van der Waals surface area contributed by atoms with Gasteiger partial charge >= 0.3 is 0 Å². The fourth-order valence-electron chi connectivity index (χ4n) is 4.85. The van der Waals surface area contributed by atoms with Gasteiger partial charge in [-0.25, -0.2) is 18.3 Å². The van der Waals surface area contributed by atoms with E-state index >= 15 is 8.78 Å². The van der Waals surface area contributed by atoms with E-state index in [4.69, 9.17) is 0 Å². The number of amides is 1. The number of anilines is 4. The largest absolute Gasteiger partial charge is 0.389 e. The van der Waals surface area contributed by atoms with Gasteiger partial charge in [0.2, 0.25) is 5.91 Å². The lowest BCUT2D eigenvalue weighted by Crippen LogP contribution is -2.50. The third-order valence-electron chi connectivity index (χ3n) is 6.69. The molecule has 0 unspecified atom stereocenters. The van der Waals surface area contributed by atoms with Crippen LogP contribution in [0.4, 0.5) is 31.7 Å². The number of fused-ring (bicyclic) bond motifs is 1. The van der Waals surface area contributed by atoms with Crippen LogP contribution in [0.3, 0.4) is 0 Å². The van der Waals surface area contributed by atoms with Crippen molar-refractivity contribution in [2.45, 2.75) is 19.4 Å². The van der Waals surface area contributed by atoms with Gasteiger partial charge in [0.05, 0.1) is 28.7 Å². The average molecular weight is 548 g/mol. The number of rotatable bonds is 8. The fourth-order valence-corrected chi connectivity index (χ4v) is 4.85. The number of nitrogens with one attached hydrogen (secondary N) is 2. The minimum atomic E-state index is -0.988. The summed E-state index contributed by atoms with van der Waals surface area (Å²) in [6, 6.07) is 12.0. The van der Waals surface area contributed by atoms with E-state index in [1.165, 1.54) is 18.5 Å². The molecule has 4 aromatic rings. The van der Waals surface area contributed by atoms with Crippen molar-refractivity contribution in [3.8, 4) is 11.1 Å². The number of benzene rings is 2. The third kappa shape index (κ3) is 5.95. The summed E-state index contributed by atoms with van der Waals surface area (Å²) in [4.78, 5) is 19.9. The molecule has 5 rings (SSSR count). The lowest BCUT2D eigenvalue weighted by Gasteiger charge is -2.38. The summed E-state index contributed by atoms with van der Waals surface area (Å²) in [5.74, 6) is -1.92. The zero-order valence-corrected chi connectivity index (χ0v) is 22.4. The van der Waals surface area contributed by atoms with Gasteiger partial charge in [-0.1, -0.05) is 18.7 Å². The molecule has 0 spiro atoms. The van der Waals surface area contributed by atoms with Crippen LogP contribution in [0.2, 0.25) is 0 Å². The van der Waals surface area contributed by atoms with Gasteiger partial charge in [0.15, 0.2) is 11.6 Å². The first-order valence-corrected chi connectivity index (χ1v) is 12.9. The van der Waals surface area contributed by atoms with Crippen molar-refractivity contribution in [3.63, 3.8) is 0 Å². The predicted octanol–water partition coefficient (Wildman–Crippen LogP) is 4.44. The maximum absolute atomic E-state index is 15.2. The second kappa shape index (κ2) is 11.0. The molecule has 3 N–H and O–H groups in total. The van der Waals surface area contributed by atoms with Gasteiger partial charge in [-0.15, -0.1) is 0 Å². The summed E-state index contributed by atoms with van der Waals surface area (Å²) in [5, 5.41) is 20.0. The highest BCUT2D eigenvalue weighted by Crippen LogP contribution is 2.31. The first-order chi connectivity index (χ1) is 19.1. The number of piperazine rings is 1. The summed E-state index contributed by atoms with van der Waals surface area (Å²) in [6.07, 6.45) is 4.35. The molecule has 0 radical (unpaired) electrons. The molecule has 1 amide bonds. The standard InChI is InChI=1S/C29H31F2N7O2/c1-4-26(39)34-20-7-5-6-19(14-20)21-16-33-38-18-32-25(15-24(21)38)35-22-8-9-23(28(31)27(22)30)37-12-10-36(11-13-37)17-29(2,3)40/h4-9,14-16,18,35,40H,1,10-13,17H2,2-3H3,(H,34,39). The molecule has 3 heterocycles. The fraction of sp³-hybridized carbons (Fsp3) is 0.276. The molecule has 1 saturated heterocycles. The molecule has 0 atom stereocenters. The van der Waals surface area contributed by atoms with Gasteiger partial charge < -0.3 is 20.6 Å². The Balaban J connectivity index is 1.34. The second-order valence-electron chi connectivity index (χ2n) is 10.4. The van der Waals surface area contributed by atoms with E-state index in [1.54, 1.807) is 42.8 Å². The quantitative estimate of drug-likeness (QED) is 0.281. The Bertz CT molecular complexity index is 1560. The zero-order chi connectivity index (χ0) is 28.4. The molecule has 2 aromatic heterocycles. The molecule has 11 heteroatoms. The minimum Gasteiger partial charge on any atom is -0.389 e. The van der Waals surface area contributed by atoms with E-state index < -0.39 is 17.2 Å². The monoisotopic (exact) mass is 547 g/mol. The molecular weight excluding hydrogens is 516 g/mol. The van der Waals surface area contributed by atoms with E-state index in [-0.39, 0.29) is 17.3 Å². The van der Waals surface area contributed by atoms with Crippen LogP contribution in [0.1, 0.15) is 13.8 Å². The molecule has 2 aromatic carbocycles. The van der Waals surface area contributed by atoms with Gasteiger partial charge in [-0.05, 0) is 49.8 Å². The van der Waals surface area contributed by atoms with Crippen LogP contribution in [0, 0.1) is 11.6 Å². The highest BCUT2D eigenvalue weighted by Gasteiger charge is 2.25.